The molecule has 0 atom stereocenters. The molecule has 0 bridgehead atoms. The molecule has 7 heteroatoms. The van der Waals surface area contributed by atoms with Crippen LogP contribution >= 0.6 is 0 Å². The van der Waals surface area contributed by atoms with Crippen molar-refractivity contribution in [2.45, 2.75) is 6.92 Å². The van der Waals surface area contributed by atoms with Crippen molar-refractivity contribution >= 4 is 16.1 Å². The Kier molecular flexibility index (Phi) is 4.29. The number of aryl methyl sites for hydroxylation is 1. The second-order valence-electron chi connectivity index (χ2n) is 2.29. The van der Waals surface area contributed by atoms with Crippen LogP contribution in [-0.2, 0) is 10.1 Å². The van der Waals surface area contributed by atoms with Crippen LogP contribution in [0.3, 0.4) is 0 Å². The fraction of sp³-hybridized carbons (Fsp3) is 0.333. The topological polar surface area (TPSA) is 106 Å². The van der Waals surface area contributed by atoms with Crippen molar-refractivity contribution in [1.82, 2.24) is 9.97 Å². The van der Waals surface area contributed by atoms with Gasteiger partial charge in [0.05, 0.1) is 6.26 Å². The zero-order valence-corrected chi connectivity index (χ0v) is 8.11. The Morgan fingerprint density at radius 1 is 1.54 bits per heavy atom. The van der Waals surface area contributed by atoms with Crippen LogP contribution in [0.5, 0.6) is 0 Å². The Morgan fingerprint density at radius 3 is 2.23 bits per heavy atom. The molecule has 0 spiro atoms. The van der Waals surface area contributed by atoms with Gasteiger partial charge in [-0.15, -0.1) is 0 Å². The van der Waals surface area contributed by atoms with Gasteiger partial charge in [0.25, 0.3) is 10.1 Å². The fourth-order valence-corrected chi connectivity index (χ4v) is 0.468. The van der Waals surface area contributed by atoms with Gasteiger partial charge in [0.1, 0.15) is 0 Å². The van der Waals surface area contributed by atoms with E-state index < -0.39 is 10.1 Å². The maximum atomic E-state index is 9.19. The summed E-state index contributed by atoms with van der Waals surface area (Å²) in [7, 11) is -3.67. The van der Waals surface area contributed by atoms with Crippen molar-refractivity contribution in [1.29, 1.82) is 0 Å². The zero-order chi connectivity index (χ0) is 10.5. The average molecular weight is 205 g/mol. The van der Waals surface area contributed by atoms with Gasteiger partial charge >= 0.3 is 0 Å². The fourth-order valence-electron chi connectivity index (χ4n) is 0.468. The van der Waals surface area contributed by atoms with Crippen molar-refractivity contribution in [2.75, 3.05) is 12.0 Å². The van der Waals surface area contributed by atoms with Gasteiger partial charge in [-0.3, -0.25) is 4.55 Å². The number of hydrogen-bond acceptors (Lipinski definition) is 5. The smallest absolute Gasteiger partial charge is 0.261 e. The minimum Gasteiger partial charge on any atom is -0.368 e. The quantitative estimate of drug-likeness (QED) is 0.571. The SMILES string of the molecule is CS(=O)(=O)O.Cc1ccnc(N)n1. The summed E-state index contributed by atoms with van der Waals surface area (Å²) < 4.78 is 25.9. The van der Waals surface area contributed by atoms with E-state index in [9.17, 15) is 8.42 Å². The van der Waals surface area contributed by atoms with Crippen molar-refractivity contribution in [3.63, 3.8) is 0 Å². The first-order valence-electron chi connectivity index (χ1n) is 3.26. The van der Waals surface area contributed by atoms with Gasteiger partial charge in [0.2, 0.25) is 5.95 Å². The highest BCUT2D eigenvalue weighted by Gasteiger charge is 1.84. The summed E-state index contributed by atoms with van der Waals surface area (Å²) in [5.41, 5.74) is 6.14. The maximum absolute atomic E-state index is 9.19. The van der Waals surface area contributed by atoms with Gasteiger partial charge < -0.3 is 5.73 Å². The van der Waals surface area contributed by atoms with Crippen LogP contribution in [0.4, 0.5) is 5.95 Å². The highest BCUT2D eigenvalue weighted by atomic mass is 32.2. The minimum atomic E-state index is -3.67. The van der Waals surface area contributed by atoms with E-state index in [1.165, 1.54) is 0 Å². The van der Waals surface area contributed by atoms with Crippen LogP contribution in [0.15, 0.2) is 12.3 Å². The zero-order valence-electron chi connectivity index (χ0n) is 7.30. The molecular formula is C6H11N3O3S. The molecule has 13 heavy (non-hydrogen) atoms. The Balaban J connectivity index is 0.000000252. The average Bonchev–Trinajstić information content (AvgIpc) is 1.81. The van der Waals surface area contributed by atoms with E-state index in [2.05, 4.69) is 9.97 Å². The number of nitrogens with zero attached hydrogens (tertiary/aromatic N) is 2. The largest absolute Gasteiger partial charge is 0.368 e. The molecule has 0 aromatic carbocycles. The van der Waals surface area contributed by atoms with Crippen molar-refractivity contribution in [3.05, 3.63) is 18.0 Å². The lowest BCUT2D eigenvalue weighted by atomic mass is 10.5. The van der Waals surface area contributed by atoms with Gasteiger partial charge in [-0.2, -0.15) is 8.42 Å². The number of hydrogen-bond donors (Lipinski definition) is 2. The third-order valence-corrected chi connectivity index (χ3v) is 0.813. The monoisotopic (exact) mass is 205 g/mol. The van der Waals surface area contributed by atoms with Crippen molar-refractivity contribution in [3.8, 4) is 0 Å². The number of anilines is 1. The molecule has 0 aliphatic carbocycles. The molecule has 0 aliphatic rings. The second kappa shape index (κ2) is 4.73. The predicted octanol–water partition coefficient (Wildman–Crippen LogP) is -0.129. The van der Waals surface area contributed by atoms with Gasteiger partial charge in [0, 0.05) is 11.9 Å². The Hall–Kier alpha value is -1.21. The summed E-state index contributed by atoms with van der Waals surface area (Å²) in [6, 6.07) is 1.80. The molecule has 1 heterocycles. The summed E-state index contributed by atoms with van der Waals surface area (Å²) in [6.45, 7) is 1.87. The summed E-state index contributed by atoms with van der Waals surface area (Å²) in [5.74, 6) is 0.338. The van der Waals surface area contributed by atoms with Crippen LogP contribution in [-0.4, -0.2) is 29.2 Å². The molecule has 3 N–H and O–H groups in total. The van der Waals surface area contributed by atoms with Crippen LogP contribution in [0.2, 0.25) is 0 Å². The third kappa shape index (κ3) is 10.8. The van der Waals surface area contributed by atoms with E-state index >= 15 is 0 Å². The summed E-state index contributed by atoms with van der Waals surface area (Å²) in [4.78, 5) is 7.55. The first-order chi connectivity index (χ1) is 5.79. The molecule has 0 aliphatic heterocycles. The van der Waals surface area contributed by atoms with E-state index in [0.29, 0.717) is 12.2 Å². The molecule has 0 radical (unpaired) electrons. The standard InChI is InChI=1S/C5H7N3.CH4O3S/c1-4-2-3-7-5(6)8-4;1-5(2,3)4/h2-3H,1H3,(H2,6,7,8);1H3,(H,2,3,4). The van der Waals surface area contributed by atoms with E-state index in [1.807, 2.05) is 6.92 Å². The molecule has 74 valence electrons. The van der Waals surface area contributed by atoms with Crippen LogP contribution in [0.25, 0.3) is 0 Å². The highest BCUT2D eigenvalue weighted by Crippen LogP contribution is 1.91. The van der Waals surface area contributed by atoms with Crippen LogP contribution in [0, 0.1) is 6.92 Å². The number of nitrogens with two attached hydrogens (primary N) is 1. The summed E-state index contributed by atoms with van der Waals surface area (Å²) in [6.07, 6.45) is 2.35. The van der Waals surface area contributed by atoms with E-state index in [-0.39, 0.29) is 0 Å². The van der Waals surface area contributed by atoms with Gasteiger partial charge in [0.15, 0.2) is 0 Å². The number of nitrogen functional groups attached to an aromatic ring is 1. The van der Waals surface area contributed by atoms with E-state index in [1.54, 1.807) is 12.3 Å². The first-order valence-corrected chi connectivity index (χ1v) is 5.11. The molecule has 0 saturated heterocycles. The first kappa shape index (κ1) is 11.8. The molecule has 0 fully saturated rings. The summed E-state index contributed by atoms with van der Waals surface area (Å²) in [5, 5.41) is 0. The second-order valence-corrected chi connectivity index (χ2v) is 3.76. The number of aromatic nitrogens is 2. The molecular weight excluding hydrogens is 194 g/mol. The molecule has 1 aromatic rings. The van der Waals surface area contributed by atoms with Gasteiger partial charge in [-0.05, 0) is 13.0 Å². The highest BCUT2D eigenvalue weighted by molar-refractivity contribution is 7.85. The van der Waals surface area contributed by atoms with Gasteiger partial charge in [-0.25, -0.2) is 9.97 Å². The molecule has 0 unspecified atom stereocenters. The molecule has 0 saturated carbocycles. The Morgan fingerprint density at radius 2 is 2.00 bits per heavy atom. The molecule has 1 aromatic heterocycles. The van der Waals surface area contributed by atoms with Crippen LogP contribution in [0.1, 0.15) is 5.69 Å². The third-order valence-electron chi connectivity index (χ3n) is 0.813. The lowest BCUT2D eigenvalue weighted by molar-refractivity contribution is 0.490. The Labute approximate surface area is 76.6 Å². The molecule has 1 rings (SSSR count). The van der Waals surface area contributed by atoms with Crippen LogP contribution < -0.4 is 5.73 Å². The maximum Gasteiger partial charge on any atom is 0.261 e. The van der Waals surface area contributed by atoms with Crippen molar-refractivity contribution < 1.29 is 13.0 Å². The van der Waals surface area contributed by atoms with Gasteiger partial charge in [-0.1, -0.05) is 0 Å². The summed E-state index contributed by atoms with van der Waals surface area (Å²) >= 11 is 0. The van der Waals surface area contributed by atoms with E-state index in [4.69, 9.17) is 10.3 Å². The lowest BCUT2D eigenvalue weighted by Crippen LogP contribution is -1.93. The lowest BCUT2D eigenvalue weighted by Gasteiger charge is -1.89. The number of rotatable bonds is 0. The molecule has 6 nitrogen and oxygen atoms in total. The Bertz CT molecular complexity index is 338. The minimum absolute atomic E-state index is 0.338. The predicted molar refractivity (Wildman–Crippen MR) is 48.7 cm³/mol. The molecule has 0 amide bonds. The van der Waals surface area contributed by atoms with E-state index in [0.717, 1.165) is 5.69 Å². The normalized spacial score (nSPS) is 10.1. The van der Waals surface area contributed by atoms with Crippen molar-refractivity contribution in [2.24, 2.45) is 0 Å².